The van der Waals surface area contributed by atoms with Crippen LogP contribution in [0.1, 0.15) is 18.2 Å². The smallest absolute Gasteiger partial charge is 0.422 e. The minimum atomic E-state index is -4.53. The van der Waals surface area contributed by atoms with Gasteiger partial charge in [-0.1, -0.05) is 0 Å². The van der Waals surface area contributed by atoms with Gasteiger partial charge < -0.3 is 15.3 Å². The molecule has 8 heteroatoms. The number of alkyl halides is 3. The topological polar surface area (TPSA) is 65.2 Å². The molecular weight excluding hydrogens is 352 g/mol. The van der Waals surface area contributed by atoms with Crippen LogP contribution in [0.15, 0.2) is 30.3 Å². The zero-order chi connectivity index (χ0) is 19.5. The maximum Gasteiger partial charge on any atom is 0.422 e. The standard InChI is InChI=1S/C18H18F4N2O2/c1-11-7-14(17(2,8-23)9-25)24-15(12-3-5-13(19)6-4-12)16(11)26-10-18(20,21)22/h3-7,9H,8,10,23H2,1-2H3/t17-/m1/s1. The summed E-state index contributed by atoms with van der Waals surface area (Å²) in [5.74, 6) is -0.581. The van der Waals surface area contributed by atoms with Crippen LogP contribution in [0.25, 0.3) is 11.3 Å². The van der Waals surface area contributed by atoms with Gasteiger partial charge in [0.1, 0.15) is 23.5 Å². The molecule has 0 amide bonds. The molecule has 0 unspecified atom stereocenters. The number of carbonyl (C=O) groups is 1. The number of rotatable bonds is 6. The van der Waals surface area contributed by atoms with Gasteiger partial charge in [-0.25, -0.2) is 9.37 Å². The molecule has 1 aromatic carbocycles. The number of aldehydes is 1. The predicted molar refractivity (Wildman–Crippen MR) is 88.4 cm³/mol. The second-order valence-electron chi connectivity index (χ2n) is 6.15. The van der Waals surface area contributed by atoms with Crippen LogP contribution in [0.4, 0.5) is 17.6 Å². The van der Waals surface area contributed by atoms with E-state index < -0.39 is 24.0 Å². The number of benzene rings is 1. The Morgan fingerprint density at radius 2 is 1.85 bits per heavy atom. The van der Waals surface area contributed by atoms with E-state index in [0.717, 1.165) is 12.1 Å². The maximum atomic E-state index is 13.2. The lowest BCUT2D eigenvalue weighted by Gasteiger charge is -2.23. The predicted octanol–water partition coefficient (Wildman–Crippen LogP) is 3.55. The quantitative estimate of drug-likeness (QED) is 0.624. The Morgan fingerprint density at radius 1 is 1.23 bits per heavy atom. The van der Waals surface area contributed by atoms with Gasteiger partial charge in [0, 0.05) is 12.1 Å². The van der Waals surface area contributed by atoms with E-state index in [1.807, 2.05) is 0 Å². The molecule has 2 rings (SSSR count). The summed E-state index contributed by atoms with van der Waals surface area (Å²) < 4.78 is 55.9. The van der Waals surface area contributed by atoms with Crippen molar-refractivity contribution >= 4 is 6.29 Å². The zero-order valence-corrected chi connectivity index (χ0v) is 14.2. The van der Waals surface area contributed by atoms with Crippen LogP contribution >= 0.6 is 0 Å². The number of hydrogen-bond donors (Lipinski definition) is 1. The van der Waals surface area contributed by atoms with Gasteiger partial charge in [-0.2, -0.15) is 13.2 Å². The van der Waals surface area contributed by atoms with Crippen molar-refractivity contribution in [1.29, 1.82) is 0 Å². The number of nitrogens with two attached hydrogens (primary N) is 1. The fourth-order valence-corrected chi connectivity index (χ4v) is 2.31. The van der Waals surface area contributed by atoms with Crippen molar-refractivity contribution in [3.8, 4) is 17.0 Å². The normalized spacial score (nSPS) is 14.0. The summed E-state index contributed by atoms with van der Waals surface area (Å²) in [6, 6.07) is 6.55. The van der Waals surface area contributed by atoms with Gasteiger partial charge in [0.25, 0.3) is 0 Å². The van der Waals surface area contributed by atoms with Crippen LogP contribution < -0.4 is 10.5 Å². The molecule has 0 radical (unpaired) electrons. The van der Waals surface area contributed by atoms with Crippen molar-refractivity contribution in [3.63, 3.8) is 0 Å². The number of carbonyl (C=O) groups excluding carboxylic acids is 1. The van der Waals surface area contributed by atoms with Crippen LogP contribution in [-0.4, -0.2) is 30.6 Å². The Labute approximate surface area is 148 Å². The summed E-state index contributed by atoms with van der Waals surface area (Å²) in [4.78, 5) is 15.8. The molecule has 0 aliphatic rings. The second kappa shape index (κ2) is 7.41. The van der Waals surface area contributed by atoms with Crippen molar-refractivity contribution in [2.24, 2.45) is 5.73 Å². The monoisotopic (exact) mass is 370 g/mol. The third-order valence-electron chi connectivity index (χ3n) is 3.93. The number of halogens is 4. The molecule has 26 heavy (non-hydrogen) atoms. The Morgan fingerprint density at radius 3 is 2.35 bits per heavy atom. The van der Waals surface area contributed by atoms with Gasteiger partial charge in [0.15, 0.2) is 6.61 Å². The lowest BCUT2D eigenvalue weighted by Crippen LogP contribution is -2.34. The van der Waals surface area contributed by atoms with Gasteiger partial charge in [-0.3, -0.25) is 0 Å². The highest BCUT2D eigenvalue weighted by Crippen LogP contribution is 2.35. The third-order valence-corrected chi connectivity index (χ3v) is 3.93. The lowest BCUT2D eigenvalue weighted by atomic mass is 9.87. The summed E-state index contributed by atoms with van der Waals surface area (Å²) in [5.41, 5.74) is 5.66. The molecule has 0 saturated carbocycles. The maximum absolute atomic E-state index is 13.2. The lowest BCUT2D eigenvalue weighted by molar-refractivity contribution is -0.153. The first-order valence-corrected chi connectivity index (χ1v) is 7.73. The molecule has 0 aliphatic heterocycles. The number of nitrogens with zero attached hydrogens (tertiary/aromatic N) is 1. The summed E-state index contributed by atoms with van der Waals surface area (Å²) in [6.07, 6.45) is -3.89. The first-order chi connectivity index (χ1) is 12.1. The minimum absolute atomic E-state index is 0.0332. The molecule has 1 heterocycles. The van der Waals surface area contributed by atoms with Crippen molar-refractivity contribution in [2.45, 2.75) is 25.4 Å². The fraction of sp³-hybridized carbons (Fsp3) is 0.333. The molecule has 140 valence electrons. The third kappa shape index (κ3) is 4.37. The molecule has 2 aromatic rings. The first-order valence-electron chi connectivity index (χ1n) is 7.73. The van der Waals surface area contributed by atoms with Crippen LogP contribution in [-0.2, 0) is 10.2 Å². The number of aryl methyl sites for hydroxylation is 1. The summed E-state index contributed by atoms with van der Waals surface area (Å²) in [7, 11) is 0. The van der Waals surface area contributed by atoms with Gasteiger partial charge in [-0.15, -0.1) is 0 Å². The van der Waals surface area contributed by atoms with Crippen molar-refractivity contribution in [1.82, 2.24) is 4.98 Å². The summed E-state index contributed by atoms with van der Waals surface area (Å²) in [6.45, 7) is 1.59. The van der Waals surface area contributed by atoms with Crippen LogP contribution in [0.5, 0.6) is 5.75 Å². The highest BCUT2D eigenvalue weighted by atomic mass is 19.4. The fourth-order valence-electron chi connectivity index (χ4n) is 2.31. The number of hydrogen-bond acceptors (Lipinski definition) is 4. The largest absolute Gasteiger partial charge is 0.482 e. The van der Waals surface area contributed by atoms with E-state index in [4.69, 9.17) is 10.5 Å². The first kappa shape index (κ1) is 19.8. The molecule has 4 nitrogen and oxygen atoms in total. The zero-order valence-electron chi connectivity index (χ0n) is 14.2. The van der Waals surface area contributed by atoms with E-state index in [0.29, 0.717) is 23.1 Å². The van der Waals surface area contributed by atoms with Crippen LogP contribution in [0.2, 0.25) is 0 Å². The van der Waals surface area contributed by atoms with Gasteiger partial charge in [0.05, 0.1) is 11.1 Å². The van der Waals surface area contributed by atoms with Crippen molar-refractivity contribution < 1.29 is 27.1 Å². The molecule has 0 saturated heterocycles. The summed E-state index contributed by atoms with van der Waals surface area (Å²) >= 11 is 0. The minimum Gasteiger partial charge on any atom is -0.482 e. The van der Waals surface area contributed by atoms with E-state index in [1.165, 1.54) is 18.2 Å². The summed E-state index contributed by atoms with van der Waals surface area (Å²) in [5, 5.41) is 0. The molecule has 2 N–H and O–H groups in total. The number of pyridine rings is 1. The number of aromatic nitrogens is 1. The number of ether oxygens (including phenoxy) is 1. The van der Waals surface area contributed by atoms with Gasteiger partial charge in [0.2, 0.25) is 0 Å². The Bertz CT molecular complexity index is 791. The molecule has 1 aromatic heterocycles. The highest BCUT2D eigenvalue weighted by molar-refractivity contribution is 5.72. The Hall–Kier alpha value is -2.48. The average Bonchev–Trinajstić information content (AvgIpc) is 2.59. The molecular formula is C18H18F4N2O2. The molecule has 0 aliphatic carbocycles. The van der Waals surface area contributed by atoms with E-state index in [-0.39, 0.29) is 18.0 Å². The average molecular weight is 370 g/mol. The van der Waals surface area contributed by atoms with E-state index in [2.05, 4.69) is 4.98 Å². The van der Waals surface area contributed by atoms with Crippen LogP contribution in [0, 0.1) is 12.7 Å². The molecule has 0 spiro atoms. The van der Waals surface area contributed by atoms with E-state index in [9.17, 15) is 22.4 Å². The van der Waals surface area contributed by atoms with Gasteiger partial charge >= 0.3 is 6.18 Å². The SMILES string of the molecule is Cc1cc([C@@](C)(C=O)CN)nc(-c2ccc(F)cc2)c1OCC(F)(F)F. The molecule has 1 atom stereocenters. The Balaban J connectivity index is 2.63. The van der Waals surface area contributed by atoms with E-state index >= 15 is 0 Å². The van der Waals surface area contributed by atoms with E-state index in [1.54, 1.807) is 13.8 Å². The Kier molecular flexibility index (Phi) is 5.65. The van der Waals surface area contributed by atoms with Gasteiger partial charge in [-0.05, 0) is 49.7 Å². The second-order valence-corrected chi connectivity index (χ2v) is 6.15. The molecule has 0 fully saturated rings. The molecule has 0 bridgehead atoms. The van der Waals surface area contributed by atoms with Crippen molar-refractivity contribution in [2.75, 3.05) is 13.2 Å². The highest BCUT2D eigenvalue weighted by Gasteiger charge is 2.31. The van der Waals surface area contributed by atoms with Crippen LogP contribution in [0.3, 0.4) is 0 Å². The van der Waals surface area contributed by atoms with Crippen molar-refractivity contribution in [3.05, 3.63) is 47.4 Å².